The molecular weight excluding hydrogens is 312 g/mol. The van der Waals surface area contributed by atoms with Crippen LogP contribution in [0.2, 0.25) is 0 Å². The summed E-state index contributed by atoms with van der Waals surface area (Å²) >= 11 is 0. The predicted octanol–water partition coefficient (Wildman–Crippen LogP) is 3.25. The van der Waals surface area contributed by atoms with Gasteiger partial charge in [0.15, 0.2) is 0 Å². The molecule has 1 N–H and O–H groups in total. The number of nitrogens with zero attached hydrogens (tertiary/aromatic N) is 3. The molecule has 0 unspecified atom stereocenters. The molecule has 25 heavy (non-hydrogen) atoms. The lowest BCUT2D eigenvalue weighted by atomic mass is 10.1. The lowest BCUT2D eigenvalue weighted by Gasteiger charge is -2.09. The molecule has 0 radical (unpaired) electrons. The molecule has 0 saturated heterocycles. The van der Waals surface area contributed by atoms with Crippen LogP contribution in [-0.4, -0.2) is 27.4 Å². The summed E-state index contributed by atoms with van der Waals surface area (Å²) in [4.78, 5) is 12.3. The number of rotatable bonds is 6. The number of hydrogen-bond donors (Lipinski definition) is 1. The second-order valence-electron chi connectivity index (χ2n) is 6.37. The van der Waals surface area contributed by atoms with Gasteiger partial charge in [0.05, 0.1) is 17.8 Å². The second-order valence-corrected chi connectivity index (χ2v) is 6.37. The molecule has 0 aliphatic rings. The zero-order valence-electron chi connectivity index (χ0n) is 14.5. The van der Waals surface area contributed by atoms with Gasteiger partial charge in [-0.15, -0.1) is 5.10 Å². The van der Waals surface area contributed by atoms with Crippen molar-refractivity contribution in [1.29, 1.82) is 0 Å². The van der Waals surface area contributed by atoms with Gasteiger partial charge in [0, 0.05) is 12.1 Å². The van der Waals surface area contributed by atoms with Gasteiger partial charge in [-0.1, -0.05) is 67.6 Å². The van der Waals surface area contributed by atoms with E-state index in [1.807, 2.05) is 60.7 Å². The topological polar surface area (TPSA) is 59.8 Å². The first-order chi connectivity index (χ1) is 12.1. The maximum absolute atomic E-state index is 12.3. The molecule has 3 aromatic rings. The van der Waals surface area contributed by atoms with E-state index in [9.17, 15) is 4.79 Å². The van der Waals surface area contributed by atoms with E-state index in [0.717, 1.165) is 16.9 Å². The molecule has 0 atom stereocenters. The highest BCUT2D eigenvalue weighted by Gasteiger charge is 2.18. The first kappa shape index (κ1) is 16.9. The van der Waals surface area contributed by atoms with Crippen molar-refractivity contribution >= 4 is 5.91 Å². The first-order valence-electron chi connectivity index (χ1n) is 8.47. The average Bonchev–Trinajstić information content (AvgIpc) is 3.05. The summed E-state index contributed by atoms with van der Waals surface area (Å²) < 4.78 is 1.79. The van der Waals surface area contributed by atoms with Crippen molar-refractivity contribution in [3.63, 3.8) is 0 Å². The molecule has 0 aliphatic carbocycles. The lowest BCUT2D eigenvalue weighted by molar-refractivity contribution is -0.120. The predicted molar refractivity (Wildman–Crippen MR) is 98.3 cm³/mol. The van der Waals surface area contributed by atoms with E-state index in [1.165, 1.54) is 0 Å². The monoisotopic (exact) mass is 334 g/mol. The molecule has 0 fully saturated rings. The van der Waals surface area contributed by atoms with Crippen LogP contribution < -0.4 is 5.32 Å². The Morgan fingerprint density at radius 1 is 1.04 bits per heavy atom. The number of benzene rings is 2. The summed E-state index contributed by atoms with van der Waals surface area (Å²) in [6, 6.07) is 19.8. The standard InChI is InChI=1S/C20H22N4O/c1-15(2)14-21-19(25)13-18-20(16-9-5-3-6-10-16)24(23-22-18)17-11-7-4-8-12-17/h3-12,15H,13-14H2,1-2H3,(H,21,25). The Morgan fingerprint density at radius 3 is 2.32 bits per heavy atom. The minimum Gasteiger partial charge on any atom is -0.356 e. The SMILES string of the molecule is CC(C)CNC(=O)Cc1nnn(-c2ccccc2)c1-c1ccccc1. The summed E-state index contributed by atoms with van der Waals surface area (Å²) in [6.07, 6.45) is 0.212. The third-order valence-corrected chi connectivity index (χ3v) is 3.82. The Morgan fingerprint density at radius 2 is 1.68 bits per heavy atom. The number of nitrogens with one attached hydrogen (secondary N) is 1. The summed E-state index contributed by atoms with van der Waals surface area (Å²) in [5, 5.41) is 11.5. The summed E-state index contributed by atoms with van der Waals surface area (Å²) in [5.41, 5.74) is 3.44. The van der Waals surface area contributed by atoms with E-state index in [4.69, 9.17) is 0 Å². The van der Waals surface area contributed by atoms with Gasteiger partial charge in [-0.05, 0) is 18.1 Å². The molecular formula is C20H22N4O. The van der Waals surface area contributed by atoms with Crippen LogP contribution in [-0.2, 0) is 11.2 Å². The minimum atomic E-state index is -0.0361. The van der Waals surface area contributed by atoms with E-state index in [1.54, 1.807) is 4.68 Å². The largest absolute Gasteiger partial charge is 0.356 e. The third-order valence-electron chi connectivity index (χ3n) is 3.82. The number of para-hydroxylation sites is 1. The normalized spacial score (nSPS) is 10.8. The number of carbonyl (C=O) groups excluding carboxylic acids is 1. The molecule has 2 aromatic carbocycles. The third kappa shape index (κ3) is 4.12. The van der Waals surface area contributed by atoms with Crippen molar-refractivity contribution in [2.75, 3.05) is 6.54 Å². The van der Waals surface area contributed by atoms with E-state index in [-0.39, 0.29) is 12.3 Å². The molecule has 1 aromatic heterocycles. The molecule has 3 rings (SSSR count). The number of carbonyl (C=O) groups is 1. The Hall–Kier alpha value is -2.95. The lowest BCUT2D eigenvalue weighted by Crippen LogP contribution is -2.29. The van der Waals surface area contributed by atoms with Crippen LogP contribution in [0, 0.1) is 5.92 Å². The quantitative estimate of drug-likeness (QED) is 0.753. The van der Waals surface area contributed by atoms with Crippen molar-refractivity contribution in [1.82, 2.24) is 20.3 Å². The van der Waals surface area contributed by atoms with Crippen LogP contribution in [0.5, 0.6) is 0 Å². The van der Waals surface area contributed by atoms with E-state index in [2.05, 4.69) is 29.5 Å². The van der Waals surface area contributed by atoms with E-state index >= 15 is 0 Å². The Kier molecular flexibility index (Phi) is 5.23. The van der Waals surface area contributed by atoms with Crippen LogP contribution in [0.3, 0.4) is 0 Å². The van der Waals surface area contributed by atoms with E-state index in [0.29, 0.717) is 18.2 Å². The Bertz CT molecular complexity index is 825. The van der Waals surface area contributed by atoms with Crippen LogP contribution >= 0.6 is 0 Å². The molecule has 0 saturated carbocycles. The van der Waals surface area contributed by atoms with Gasteiger partial charge in [-0.2, -0.15) is 0 Å². The van der Waals surface area contributed by atoms with Crippen LogP contribution in [0.4, 0.5) is 0 Å². The highest BCUT2D eigenvalue weighted by molar-refractivity contribution is 5.80. The molecule has 0 spiro atoms. The average molecular weight is 334 g/mol. The Balaban J connectivity index is 1.96. The Labute approximate surface area is 147 Å². The molecule has 5 heteroatoms. The molecule has 0 bridgehead atoms. The van der Waals surface area contributed by atoms with Crippen LogP contribution in [0.1, 0.15) is 19.5 Å². The van der Waals surface area contributed by atoms with Crippen molar-refractivity contribution in [3.05, 3.63) is 66.4 Å². The van der Waals surface area contributed by atoms with Gasteiger partial charge in [-0.25, -0.2) is 4.68 Å². The smallest absolute Gasteiger partial charge is 0.226 e. The van der Waals surface area contributed by atoms with E-state index < -0.39 is 0 Å². The molecule has 5 nitrogen and oxygen atoms in total. The first-order valence-corrected chi connectivity index (χ1v) is 8.47. The van der Waals surface area contributed by atoms with Gasteiger partial charge in [-0.3, -0.25) is 4.79 Å². The second kappa shape index (κ2) is 7.75. The number of hydrogen-bond acceptors (Lipinski definition) is 3. The number of aromatic nitrogens is 3. The van der Waals surface area contributed by atoms with Crippen LogP contribution in [0.25, 0.3) is 16.9 Å². The minimum absolute atomic E-state index is 0.0361. The van der Waals surface area contributed by atoms with Gasteiger partial charge in [0.25, 0.3) is 0 Å². The fourth-order valence-corrected chi connectivity index (χ4v) is 2.60. The summed E-state index contributed by atoms with van der Waals surface area (Å²) in [7, 11) is 0. The maximum atomic E-state index is 12.3. The zero-order valence-corrected chi connectivity index (χ0v) is 14.5. The van der Waals surface area contributed by atoms with Gasteiger partial charge in [0.1, 0.15) is 5.69 Å². The van der Waals surface area contributed by atoms with Gasteiger partial charge in [0.2, 0.25) is 5.91 Å². The molecule has 0 aliphatic heterocycles. The summed E-state index contributed by atoms with van der Waals surface area (Å²) in [6.45, 7) is 4.80. The van der Waals surface area contributed by atoms with Crippen molar-refractivity contribution < 1.29 is 4.79 Å². The van der Waals surface area contributed by atoms with Gasteiger partial charge < -0.3 is 5.32 Å². The van der Waals surface area contributed by atoms with Crippen molar-refractivity contribution in [2.24, 2.45) is 5.92 Å². The van der Waals surface area contributed by atoms with Crippen molar-refractivity contribution in [2.45, 2.75) is 20.3 Å². The maximum Gasteiger partial charge on any atom is 0.226 e. The van der Waals surface area contributed by atoms with Crippen molar-refractivity contribution in [3.8, 4) is 16.9 Å². The molecule has 1 heterocycles. The fraction of sp³-hybridized carbons (Fsp3) is 0.250. The zero-order chi connectivity index (χ0) is 17.6. The molecule has 128 valence electrons. The highest BCUT2D eigenvalue weighted by Crippen LogP contribution is 2.25. The molecule has 1 amide bonds. The number of amides is 1. The fourth-order valence-electron chi connectivity index (χ4n) is 2.60. The summed E-state index contributed by atoms with van der Waals surface area (Å²) in [5.74, 6) is 0.378. The highest BCUT2D eigenvalue weighted by atomic mass is 16.1. The van der Waals surface area contributed by atoms with Gasteiger partial charge >= 0.3 is 0 Å². The van der Waals surface area contributed by atoms with Crippen LogP contribution in [0.15, 0.2) is 60.7 Å².